The second-order valence-electron chi connectivity index (χ2n) is 6.09. The van der Waals surface area contributed by atoms with Crippen LogP contribution in [0, 0.1) is 13.8 Å². The number of piperidine rings is 1. The molecular weight excluding hydrogens is 278 g/mol. The van der Waals surface area contributed by atoms with Gasteiger partial charge in [-0.2, -0.15) is 10.2 Å². The third-order valence-electron chi connectivity index (χ3n) is 4.52. The molecule has 0 bridgehead atoms. The third kappa shape index (κ3) is 3.05. The number of nitrogens with one attached hydrogen (secondary N) is 1. The number of likely N-dealkylation sites (tertiary alicyclic amines) is 1. The molecule has 1 aliphatic heterocycles. The highest BCUT2D eigenvalue weighted by atomic mass is 16.2. The number of aryl methyl sites for hydroxylation is 3. The summed E-state index contributed by atoms with van der Waals surface area (Å²) in [6, 6.07) is 1.96. The topological polar surface area (TPSA) is 66.8 Å². The molecule has 6 nitrogen and oxygen atoms in total. The first-order valence-corrected chi connectivity index (χ1v) is 7.91. The molecule has 118 valence electrons. The Morgan fingerprint density at radius 3 is 3.00 bits per heavy atom. The molecule has 1 saturated heterocycles. The van der Waals surface area contributed by atoms with Gasteiger partial charge in [0.05, 0.1) is 6.20 Å². The summed E-state index contributed by atoms with van der Waals surface area (Å²) in [5, 5.41) is 11.4. The zero-order chi connectivity index (χ0) is 15.5. The van der Waals surface area contributed by atoms with E-state index in [1.54, 1.807) is 6.20 Å². The maximum absolute atomic E-state index is 12.5. The largest absolute Gasteiger partial charge is 0.342 e. The van der Waals surface area contributed by atoms with Gasteiger partial charge in [0.2, 0.25) is 5.91 Å². The first-order valence-electron chi connectivity index (χ1n) is 7.91. The van der Waals surface area contributed by atoms with Gasteiger partial charge < -0.3 is 4.90 Å². The number of hydrogen-bond acceptors (Lipinski definition) is 3. The third-order valence-corrected chi connectivity index (χ3v) is 4.52. The first kappa shape index (κ1) is 14.8. The minimum atomic E-state index is 0.219. The van der Waals surface area contributed by atoms with E-state index < -0.39 is 0 Å². The minimum Gasteiger partial charge on any atom is -0.342 e. The Bertz CT molecular complexity index is 645. The number of aromatic nitrogens is 4. The van der Waals surface area contributed by atoms with Crippen LogP contribution in [0.5, 0.6) is 0 Å². The Morgan fingerprint density at radius 2 is 2.32 bits per heavy atom. The average Bonchev–Trinajstić information content (AvgIpc) is 3.13. The Labute approximate surface area is 130 Å². The molecule has 3 rings (SSSR count). The number of carbonyl (C=O) groups excluding carboxylic acids is 1. The fourth-order valence-corrected chi connectivity index (χ4v) is 3.20. The number of hydrogen-bond donors (Lipinski definition) is 1. The van der Waals surface area contributed by atoms with Crippen molar-refractivity contribution in [3.05, 3.63) is 35.4 Å². The normalized spacial score (nSPS) is 18.6. The lowest BCUT2D eigenvalue weighted by Crippen LogP contribution is -2.39. The van der Waals surface area contributed by atoms with Crippen LogP contribution in [-0.4, -0.2) is 43.9 Å². The number of carbonyl (C=O) groups is 1. The Morgan fingerprint density at radius 1 is 1.45 bits per heavy atom. The quantitative estimate of drug-likeness (QED) is 0.939. The van der Waals surface area contributed by atoms with Crippen molar-refractivity contribution in [2.75, 3.05) is 13.1 Å². The van der Waals surface area contributed by atoms with Crippen LogP contribution in [0.2, 0.25) is 0 Å². The highest BCUT2D eigenvalue weighted by Crippen LogP contribution is 2.27. The number of rotatable bonds is 4. The predicted octanol–water partition coefficient (Wildman–Crippen LogP) is 2.02. The molecule has 2 aromatic heterocycles. The summed E-state index contributed by atoms with van der Waals surface area (Å²) >= 11 is 0. The molecule has 0 radical (unpaired) electrons. The van der Waals surface area contributed by atoms with E-state index >= 15 is 0 Å². The van der Waals surface area contributed by atoms with Crippen molar-refractivity contribution in [2.45, 2.75) is 45.6 Å². The van der Waals surface area contributed by atoms with Gasteiger partial charge in [0.15, 0.2) is 0 Å². The molecule has 0 spiro atoms. The SMILES string of the molecule is Cc1cn[nH]c1[C@@H]1CCCN(C(=O)CCn2nccc2C)C1. The summed E-state index contributed by atoms with van der Waals surface area (Å²) in [5.41, 5.74) is 3.46. The molecule has 2 aromatic rings. The van der Waals surface area contributed by atoms with Gasteiger partial charge >= 0.3 is 0 Å². The van der Waals surface area contributed by atoms with Crippen molar-refractivity contribution in [1.29, 1.82) is 0 Å². The fourth-order valence-electron chi connectivity index (χ4n) is 3.20. The Kier molecular flexibility index (Phi) is 4.27. The second-order valence-corrected chi connectivity index (χ2v) is 6.09. The molecule has 1 N–H and O–H groups in total. The lowest BCUT2D eigenvalue weighted by atomic mass is 9.93. The van der Waals surface area contributed by atoms with E-state index in [-0.39, 0.29) is 5.91 Å². The summed E-state index contributed by atoms with van der Waals surface area (Å²) in [6.45, 7) is 6.39. The van der Waals surface area contributed by atoms with Crippen molar-refractivity contribution < 1.29 is 4.79 Å². The summed E-state index contributed by atoms with van der Waals surface area (Å²) in [5.74, 6) is 0.600. The van der Waals surface area contributed by atoms with Gasteiger partial charge in [0.25, 0.3) is 0 Å². The lowest BCUT2D eigenvalue weighted by molar-refractivity contribution is -0.132. The van der Waals surface area contributed by atoms with Crippen LogP contribution < -0.4 is 0 Å². The van der Waals surface area contributed by atoms with E-state index in [4.69, 9.17) is 0 Å². The van der Waals surface area contributed by atoms with Crippen molar-refractivity contribution in [1.82, 2.24) is 24.9 Å². The van der Waals surface area contributed by atoms with Crippen LogP contribution in [0.25, 0.3) is 0 Å². The number of H-pyrrole nitrogens is 1. The van der Waals surface area contributed by atoms with Gasteiger partial charge in [-0.05, 0) is 38.3 Å². The van der Waals surface area contributed by atoms with Crippen LogP contribution in [0.1, 0.15) is 42.1 Å². The molecule has 1 aliphatic rings. The van der Waals surface area contributed by atoms with Crippen LogP contribution in [0.4, 0.5) is 0 Å². The maximum atomic E-state index is 12.5. The zero-order valence-electron chi connectivity index (χ0n) is 13.2. The number of amides is 1. The molecule has 0 aromatic carbocycles. The van der Waals surface area contributed by atoms with Crippen LogP contribution >= 0.6 is 0 Å². The Balaban J connectivity index is 1.58. The number of nitrogens with zero attached hydrogens (tertiary/aromatic N) is 4. The van der Waals surface area contributed by atoms with Crippen molar-refractivity contribution >= 4 is 5.91 Å². The molecule has 6 heteroatoms. The molecule has 1 amide bonds. The monoisotopic (exact) mass is 301 g/mol. The van der Waals surface area contributed by atoms with Crippen molar-refractivity contribution in [3.8, 4) is 0 Å². The predicted molar refractivity (Wildman–Crippen MR) is 83.5 cm³/mol. The van der Waals surface area contributed by atoms with E-state index in [0.29, 0.717) is 18.9 Å². The maximum Gasteiger partial charge on any atom is 0.224 e. The molecule has 1 atom stereocenters. The van der Waals surface area contributed by atoms with Gasteiger partial charge in [-0.15, -0.1) is 0 Å². The first-order chi connectivity index (χ1) is 10.6. The van der Waals surface area contributed by atoms with Gasteiger partial charge in [0.1, 0.15) is 0 Å². The second kappa shape index (κ2) is 6.34. The van der Waals surface area contributed by atoms with E-state index in [1.165, 1.54) is 11.3 Å². The highest BCUT2D eigenvalue weighted by Gasteiger charge is 2.26. The molecule has 1 fully saturated rings. The summed E-state index contributed by atoms with van der Waals surface area (Å²) in [6.07, 6.45) is 6.31. The average molecular weight is 301 g/mol. The molecule has 0 saturated carbocycles. The summed E-state index contributed by atoms with van der Waals surface area (Å²) in [7, 11) is 0. The molecule has 3 heterocycles. The van der Waals surface area contributed by atoms with Gasteiger partial charge in [-0.1, -0.05) is 0 Å². The van der Waals surface area contributed by atoms with Crippen LogP contribution in [-0.2, 0) is 11.3 Å². The summed E-state index contributed by atoms with van der Waals surface area (Å²) in [4.78, 5) is 14.5. The zero-order valence-corrected chi connectivity index (χ0v) is 13.2. The van der Waals surface area contributed by atoms with Crippen LogP contribution in [0.3, 0.4) is 0 Å². The minimum absolute atomic E-state index is 0.219. The van der Waals surface area contributed by atoms with Crippen molar-refractivity contribution in [2.24, 2.45) is 0 Å². The summed E-state index contributed by atoms with van der Waals surface area (Å²) < 4.78 is 1.89. The Hall–Kier alpha value is -2.11. The fraction of sp³-hybridized carbons (Fsp3) is 0.562. The molecule has 0 unspecified atom stereocenters. The highest BCUT2D eigenvalue weighted by molar-refractivity contribution is 5.76. The molecule has 22 heavy (non-hydrogen) atoms. The van der Waals surface area contributed by atoms with E-state index in [0.717, 1.165) is 31.6 Å². The van der Waals surface area contributed by atoms with Crippen molar-refractivity contribution in [3.63, 3.8) is 0 Å². The van der Waals surface area contributed by atoms with E-state index in [9.17, 15) is 4.79 Å². The lowest BCUT2D eigenvalue weighted by Gasteiger charge is -2.32. The van der Waals surface area contributed by atoms with Gasteiger partial charge in [-0.25, -0.2) is 0 Å². The van der Waals surface area contributed by atoms with Gasteiger partial charge in [0, 0.05) is 49.6 Å². The smallest absolute Gasteiger partial charge is 0.224 e. The van der Waals surface area contributed by atoms with Crippen LogP contribution in [0.15, 0.2) is 18.5 Å². The molecular formula is C16H23N5O. The number of aromatic amines is 1. The van der Waals surface area contributed by atoms with E-state index in [1.807, 2.05) is 28.8 Å². The molecule has 0 aliphatic carbocycles. The van der Waals surface area contributed by atoms with Gasteiger partial charge in [-0.3, -0.25) is 14.6 Å². The standard InChI is InChI=1S/C16H23N5O/c1-12-10-17-19-16(12)14-4-3-8-20(11-14)15(22)6-9-21-13(2)5-7-18-21/h5,7,10,14H,3-4,6,8-9,11H2,1-2H3,(H,17,19)/t14-/m1/s1. The van der Waals surface area contributed by atoms with E-state index in [2.05, 4.69) is 22.2 Å².